The molecule has 0 aliphatic carbocycles. The molecule has 1 unspecified atom stereocenters. The van der Waals surface area contributed by atoms with Crippen LogP contribution in [-0.4, -0.2) is 23.9 Å². The van der Waals surface area contributed by atoms with Crippen LogP contribution < -0.4 is 5.73 Å². The molecule has 1 aromatic rings. The van der Waals surface area contributed by atoms with E-state index < -0.39 is 0 Å². The fourth-order valence-corrected chi connectivity index (χ4v) is 2.77. The highest BCUT2D eigenvalue weighted by Gasteiger charge is 2.42. The van der Waals surface area contributed by atoms with Crippen LogP contribution in [-0.2, 0) is 5.54 Å². The Hall–Kier alpha value is -1.58. The Labute approximate surface area is 114 Å². The molecule has 4 heteroatoms. The number of hydrogen-bond acceptors (Lipinski definition) is 3. The molecule has 1 atom stereocenters. The van der Waals surface area contributed by atoms with Gasteiger partial charge in [0.2, 0.25) is 0 Å². The van der Waals surface area contributed by atoms with E-state index in [1.165, 1.54) is 6.07 Å². The highest BCUT2D eigenvalue weighted by molar-refractivity contribution is 5.81. The second-order valence-corrected chi connectivity index (χ2v) is 5.57. The summed E-state index contributed by atoms with van der Waals surface area (Å²) in [6, 6.07) is 6.79. The molecular formula is C15H22FN3. The van der Waals surface area contributed by atoms with Gasteiger partial charge in [0.15, 0.2) is 5.96 Å². The summed E-state index contributed by atoms with van der Waals surface area (Å²) in [5.41, 5.74) is 6.70. The number of aliphatic imine (C=N–C) groups is 1. The second kappa shape index (κ2) is 5.19. The average molecular weight is 263 g/mol. The molecule has 0 saturated carbocycles. The summed E-state index contributed by atoms with van der Waals surface area (Å²) in [5.74, 6) is 0.839. The molecule has 0 fully saturated rings. The average Bonchev–Trinajstić information content (AvgIpc) is 2.67. The molecule has 2 N–H and O–H groups in total. The Morgan fingerprint density at radius 3 is 2.79 bits per heavy atom. The van der Waals surface area contributed by atoms with Crippen molar-refractivity contribution in [1.29, 1.82) is 0 Å². The van der Waals surface area contributed by atoms with Crippen molar-refractivity contribution in [3.8, 4) is 0 Å². The van der Waals surface area contributed by atoms with E-state index in [0.29, 0.717) is 18.4 Å². The Balaban J connectivity index is 2.42. The largest absolute Gasteiger partial charge is 0.370 e. The lowest BCUT2D eigenvalue weighted by Gasteiger charge is -2.40. The molecule has 0 amide bonds. The molecule has 0 aromatic heterocycles. The third-order valence-electron chi connectivity index (χ3n) is 3.79. The van der Waals surface area contributed by atoms with Crippen LogP contribution in [0.15, 0.2) is 29.3 Å². The van der Waals surface area contributed by atoms with E-state index >= 15 is 0 Å². The van der Waals surface area contributed by atoms with Gasteiger partial charge < -0.3 is 10.6 Å². The molecule has 0 radical (unpaired) electrons. The summed E-state index contributed by atoms with van der Waals surface area (Å²) in [7, 11) is 0. The van der Waals surface area contributed by atoms with Crippen molar-refractivity contribution in [3.05, 3.63) is 35.6 Å². The topological polar surface area (TPSA) is 41.6 Å². The first-order valence-electron chi connectivity index (χ1n) is 6.83. The van der Waals surface area contributed by atoms with Gasteiger partial charge in [-0.2, -0.15) is 0 Å². The van der Waals surface area contributed by atoms with Crippen LogP contribution in [0.5, 0.6) is 0 Å². The minimum atomic E-state index is -0.295. The smallest absolute Gasteiger partial charge is 0.192 e. The van der Waals surface area contributed by atoms with Crippen molar-refractivity contribution in [2.75, 3.05) is 13.1 Å². The molecule has 0 bridgehead atoms. The van der Waals surface area contributed by atoms with Crippen LogP contribution in [0.4, 0.5) is 4.39 Å². The predicted molar refractivity (Wildman–Crippen MR) is 76.4 cm³/mol. The molecule has 1 heterocycles. The maximum Gasteiger partial charge on any atom is 0.192 e. The minimum Gasteiger partial charge on any atom is -0.370 e. The maximum atomic E-state index is 13.5. The third-order valence-corrected chi connectivity index (χ3v) is 3.79. The van der Waals surface area contributed by atoms with Gasteiger partial charge in [-0.25, -0.2) is 4.39 Å². The zero-order chi connectivity index (χ0) is 14.0. The van der Waals surface area contributed by atoms with Crippen molar-refractivity contribution < 1.29 is 4.39 Å². The van der Waals surface area contributed by atoms with Crippen LogP contribution in [0, 0.1) is 11.7 Å². The number of nitrogens with zero attached hydrogens (tertiary/aromatic N) is 2. The number of benzene rings is 1. The minimum absolute atomic E-state index is 0.208. The molecule has 1 aliphatic heterocycles. The highest BCUT2D eigenvalue weighted by Crippen LogP contribution is 2.36. The Morgan fingerprint density at radius 2 is 2.21 bits per heavy atom. The van der Waals surface area contributed by atoms with Gasteiger partial charge >= 0.3 is 0 Å². The molecule has 2 rings (SSSR count). The van der Waals surface area contributed by atoms with Crippen LogP contribution in [0.1, 0.15) is 32.8 Å². The molecular weight excluding hydrogens is 241 g/mol. The lowest BCUT2D eigenvalue weighted by atomic mass is 9.85. The standard InChI is InChI=1S/C15H22FN3/c1-4-15(12-6-5-7-13(16)8-12)10-18-14(17)19(15)9-11(2)3/h5-8,11H,4,9-10H2,1-3H3,(H2,17,18). The number of rotatable bonds is 4. The van der Waals surface area contributed by atoms with Crippen molar-refractivity contribution in [3.63, 3.8) is 0 Å². The summed E-state index contributed by atoms with van der Waals surface area (Å²) in [6.45, 7) is 7.84. The molecule has 3 nitrogen and oxygen atoms in total. The van der Waals surface area contributed by atoms with E-state index in [2.05, 4.69) is 30.7 Å². The highest BCUT2D eigenvalue weighted by atomic mass is 19.1. The van der Waals surface area contributed by atoms with Gasteiger partial charge in [-0.15, -0.1) is 0 Å². The van der Waals surface area contributed by atoms with E-state index in [4.69, 9.17) is 5.73 Å². The van der Waals surface area contributed by atoms with E-state index in [1.54, 1.807) is 12.1 Å². The van der Waals surface area contributed by atoms with Gasteiger partial charge in [-0.3, -0.25) is 4.99 Å². The number of guanidine groups is 1. The van der Waals surface area contributed by atoms with E-state index in [0.717, 1.165) is 18.5 Å². The Bertz CT molecular complexity index is 484. The molecule has 0 spiro atoms. The number of halogens is 1. The molecule has 19 heavy (non-hydrogen) atoms. The zero-order valence-electron chi connectivity index (χ0n) is 11.9. The van der Waals surface area contributed by atoms with Crippen LogP contribution in [0.3, 0.4) is 0 Å². The van der Waals surface area contributed by atoms with Gasteiger partial charge in [0.1, 0.15) is 5.82 Å². The zero-order valence-corrected chi connectivity index (χ0v) is 11.9. The first-order chi connectivity index (χ1) is 8.99. The van der Waals surface area contributed by atoms with Crippen LogP contribution in [0.2, 0.25) is 0 Å². The summed E-state index contributed by atoms with van der Waals surface area (Å²) in [4.78, 5) is 6.53. The van der Waals surface area contributed by atoms with Crippen molar-refractivity contribution >= 4 is 5.96 Å². The van der Waals surface area contributed by atoms with Gasteiger partial charge in [0.25, 0.3) is 0 Å². The van der Waals surface area contributed by atoms with E-state index in [-0.39, 0.29) is 11.4 Å². The van der Waals surface area contributed by atoms with Gasteiger partial charge in [-0.1, -0.05) is 32.9 Å². The SMILES string of the molecule is CCC1(c2cccc(F)c2)CN=C(N)N1CC(C)C. The summed E-state index contributed by atoms with van der Waals surface area (Å²) in [5, 5.41) is 0. The van der Waals surface area contributed by atoms with Crippen molar-refractivity contribution in [2.24, 2.45) is 16.6 Å². The quantitative estimate of drug-likeness (QED) is 0.907. The van der Waals surface area contributed by atoms with Crippen molar-refractivity contribution in [1.82, 2.24) is 4.90 Å². The number of hydrogen-bond donors (Lipinski definition) is 1. The summed E-state index contributed by atoms with van der Waals surface area (Å²) < 4.78 is 13.5. The lowest BCUT2D eigenvalue weighted by molar-refractivity contribution is 0.176. The maximum absolute atomic E-state index is 13.5. The van der Waals surface area contributed by atoms with Gasteiger partial charge in [0, 0.05) is 6.54 Å². The van der Waals surface area contributed by atoms with Crippen LogP contribution in [0.25, 0.3) is 0 Å². The Morgan fingerprint density at radius 1 is 1.47 bits per heavy atom. The van der Waals surface area contributed by atoms with E-state index in [9.17, 15) is 4.39 Å². The monoisotopic (exact) mass is 263 g/mol. The first kappa shape index (κ1) is 13.8. The second-order valence-electron chi connectivity index (χ2n) is 5.57. The fraction of sp³-hybridized carbons (Fsp3) is 0.533. The Kier molecular flexibility index (Phi) is 3.78. The lowest BCUT2D eigenvalue weighted by Crippen LogP contribution is -2.50. The molecule has 0 saturated heterocycles. The molecule has 1 aliphatic rings. The first-order valence-corrected chi connectivity index (χ1v) is 6.83. The van der Waals surface area contributed by atoms with Gasteiger partial charge in [-0.05, 0) is 30.0 Å². The number of nitrogens with two attached hydrogens (primary N) is 1. The molecule has 104 valence electrons. The predicted octanol–water partition coefficient (Wildman–Crippen LogP) is 2.72. The van der Waals surface area contributed by atoms with Crippen molar-refractivity contribution in [2.45, 2.75) is 32.7 Å². The van der Waals surface area contributed by atoms with Crippen LogP contribution >= 0.6 is 0 Å². The summed E-state index contributed by atoms with van der Waals surface area (Å²) >= 11 is 0. The third kappa shape index (κ3) is 2.44. The fourth-order valence-electron chi connectivity index (χ4n) is 2.77. The summed E-state index contributed by atoms with van der Waals surface area (Å²) in [6.07, 6.45) is 0.855. The molecule has 1 aromatic carbocycles. The normalized spacial score (nSPS) is 23.0. The van der Waals surface area contributed by atoms with Gasteiger partial charge in [0.05, 0.1) is 12.1 Å². The van der Waals surface area contributed by atoms with E-state index in [1.807, 2.05) is 6.07 Å².